The Kier molecular flexibility index (Phi) is 7.12. The van der Waals surface area contributed by atoms with Crippen molar-refractivity contribution >= 4 is 41.6 Å². The van der Waals surface area contributed by atoms with Crippen LogP contribution in [0.25, 0.3) is 10.9 Å². The molecule has 0 aliphatic heterocycles. The molecule has 27 heavy (non-hydrogen) atoms. The van der Waals surface area contributed by atoms with E-state index in [4.69, 9.17) is 5.73 Å². The third-order valence-corrected chi connectivity index (χ3v) is 6.08. The Hall–Kier alpha value is -1.36. The molecule has 6 heteroatoms. The number of pyridine rings is 1. The number of aromatic nitrogens is 1. The zero-order valence-electron chi connectivity index (χ0n) is 15.9. The van der Waals surface area contributed by atoms with Gasteiger partial charge in [-0.3, -0.25) is 9.78 Å². The van der Waals surface area contributed by atoms with Gasteiger partial charge in [-0.05, 0) is 69.6 Å². The minimum Gasteiger partial charge on any atom is -0.349 e. The Morgan fingerprint density at radius 3 is 2.44 bits per heavy atom. The highest BCUT2D eigenvalue weighted by Gasteiger charge is 2.40. The van der Waals surface area contributed by atoms with Crippen molar-refractivity contribution in [2.45, 2.75) is 58.0 Å². The van der Waals surface area contributed by atoms with E-state index in [1.807, 2.05) is 19.1 Å². The lowest BCUT2D eigenvalue weighted by atomic mass is 9.67. The Bertz CT molecular complexity index is 812. The topological polar surface area (TPSA) is 68.0 Å². The lowest BCUT2D eigenvalue weighted by molar-refractivity contribution is 0.0755. The molecular weight excluding hydrogens is 381 g/mol. The van der Waals surface area contributed by atoms with Crippen LogP contribution < -0.4 is 11.1 Å². The molecule has 1 amide bonds. The second-order valence-corrected chi connectivity index (χ2v) is 8.00. The van der Waals surface area contributed by atoms with Gasteiger partial charge in [-0.15, -0.1) is 24.8 Å². The average Bonchev–Trinajstić information content (AvgIpc) is 2.55. The maximum Gasteiger partial charge on any atom is 0.253 e. The number of amides is 1. The number of benzene rings is 1. The maximum absolute atomic E-state index is 13.0. The van der Waals surface area contributed by atoms with Crippen molar-refractivity contribution in [3.8, 4) is 0 Å². The standard InChI is InChI=1S/C21H27N3O.2ClH/c1-12-6-7-19-16(8-12)11-18(13(2)23-19)21(25)24-20-14-4-3-5-15(20)10-17(22)9-14;;/h6-8,11,14-15,17,20H,3-5,9-10,22H2,1-2H3,(H,24,25);2*1H. The van der Waals surface area contributed by atoms with Gasteiger partial charge in [0.25, 0.3) is 5.91 Å². The fraction of sp³-hybridized carbons (Fsp3) is 0.524. The van der Waals surface area contributed by atoms with E-state index in [9.17, 15) is 4.79 Å². The number of nitrogens with zero attached hydrogens (tertiary/aromatic N) is 1. The molecule has 4 rings (SSSR count). The van der Waals surface area contributed by atoms with Crippen LogP contribution in [-0.2, 0) is 0 Å². The van der Waals surface area contributed by atoms with Crippen molar-refractivity contribution in [2.75, 3.05) is 0 Å². The minimum absolute atomic E-state index is 0. The van der Waals surface area contributed by atoms with Gasteiger partial charge in [0, 0.05) is 17.5 Å². The summed E-state index contributed by atoms with van der Waals surface area (Å²) in [7, 11) is 0. The first kappa shape index (κ1) is 21.9. The molecule has 148 valence electrons. The van der Waals surface area contributed by atoms with Crippen molar-refractivity contribution in [1.82, 2.24) is 10.3 Å². The largest absolute Gasteiger partial charge is 0.349 e. The number of rotatable bonds is 2. The van der Waals surface area contributed by atoms with Crippen LogP contribution in [0, 0.1) is 25.7 Å². The van der Waals surface area contributed by atoms with Gasteiger partial charge < -0.3 is 11.1 Å². The molecule has 0 radical (unpaired) electrons. The Balaban J connectivity index is 0.00000131. The van der Waals surface area contributed by atoms with Gasteiger partial charge in [-0.25, -0.2) is 0 Å². The highest BCUT2D eigenvalue weighted by molar-refractivity contribution is 5.98. The lowest BCUT2D eigenvalue weighted by Crippen LogP contribution is -2.53. The van der Waals surface area contributed by atoms with Gasteiger partial charge in [0.2, 0.25) is 0 Å². The fourth-order valence-electron chi connectivity index (χ4n) is 4.88. The molecule has 2 fully saturated rings. The number of fused-ring (bicyclic) bond motifs is 3. The van der Waals surface area contributed by atoms with Crippen LogP contribution in [0.1, 0.15) is 53.7 Å². The summed E-state index contributed by atoms with van der Waals surface area (Å²) in [5, 5.41) is 4.37. The van der Waals surface area contributed by atoms with E-state index < -0.39 is 0 Å². The normalized spacial score (nSPS) is 26.6. The van der Waals surface area contributed by atoms with E-state index in [-0.39, 0.29) is 36.8 Å². The minimum atomic E-state index is 0. The van der Waals surface area contributed by atoms with Crippen LogP contribution in [0.4, 0.5) is 0 Å². The third-order valence-electron chi connectivity index (χ3n) is 6.08. The van der Waals surface area contributed by atoms with Crippen LogP contribution in [0.5, 0.6) is 0 Å². The summed E-state index contributed by atoms with van der Waals surface area (Å²) in [5.41, 5.74) is 9.83. The highest BCUT2D eigenvalue weighted by atomic mass is 35.5. The van der Waals surface area contributed by atoms with Gasteiger partial charge in [0.05, 0.1) is 16.8 Å². The predicted octanol–water partition coefficient (Wildman–Crippen LogP) is 4.33. The zero-order chi connectivity index (χ0) is 17.6. The quantitative estimate of drug-likeness (QED) is 0.774. The van der Waals surface area contributed by atoms with E-state index in [0.717, 1.165) is 29.4 Å². The number of hydrogen-bond acceptors (Lipinski definition) is 3. The molecule has 0 saturated heterocycles. The first-order valence-corrected chi connectivity index (χ1v) is 9.45. The number of carbonyl (C=O) groups excluding carboxylic acids is 1. The first-order chi connectivity index (χ1) is 12.0. The molecule has 1 aromatic carbocycles. The average molecular weight is 410 g/mol. The molecule has 1 aromatic heterocycles. The number of carbonyl (C=O) groups is 1. The van der Waals surface area contributed by atoms with Gasteiger partial charge in [0.15, 0.2) is 0 Å². The van der Waals surface area contributed by atoms with Gasteiger partial charge in [-0.1, -0.05) is 18.1 Å². The van der Waals surface area contributed by atoms with Crippen molar-refractivity contribution in [3.63, 3.8) is 0 Å². The van der Waals surface area contributed by atoms with Crippen molar-refractivity contribution in [1.29, 1.82) is 0 Å². The summed E-state index contributed by atoms with van der Waals surface area (Å²) in [6, 6.07) is 8.73. The third kappa shape index (κ3) is 4.39. The Morgan fingerprint density at radius 1 is 1.11 bits per heavy atom. The second kappa shape index (κ2) is 8.76. The SMILES string of the molecule is Cc1ccc2nc(C)c(C(=O)NC3C4CCCC3CC(N)C4)cc2c1.Cl.Cl. The number of aryl methyl sites for hydroxylation is 2. The number of halogens is 2. The predicted molar refractivity (Wildman–Crippen MR) is 115 cm³/mol. The van der Waals surface area contributed by atoms with E-state index in [1.165, 1.54) is 24.8 Å². The van der Waals surface area contributed by atoms with E-state index in [1.54, 1.807) is 0 Å². The molecule has 0 spiro atoms. The van der Waals surface area contributed by atoms with Crippen molar-refractivity contribution in [3.05, 3.63) is 41.1 Å². The van der Waals surface area contributed by atoms with E-state index >= 15 is 0 Å². The van der Waals surface area contributed by atoms with Crippen LogP contribution in [0.2, 0.25) is 0 Å². The summed E-state index contributed by atoms with van der Waals surface area (Å²) in [6.07, 6.45) is 5.71. The van der Waals surface area contributed by atoms with Gasteiger partial charge in [0.1, 0.15) is 0 Å². The number of nitrogens with one attached hydrogen (secondary N) is 1. The number of hydrogen-bond donors (Lipinski definition) is 2. The monoisotopic (exact) mass is 409 g/mol. The molecule has 1 heterocycles. The molecule has 4 nitrogen and oxygen atoms in total. The maximum atomic E-state index is 13.0. The summed E-state index contributed by atoms with van der Waals surface area (Å²) < 4.78 is 0. The summed E-state index contributed by atoms with van der Waals surface area (Å²) >= 11 is 0. The van der Waals surface area contributed by atoms with Crippen LogP contribution in [0.15, 0.2) is 24.3 Å². The molecule has 3 N–H and O–H groups in total. The van der Waals surface area contributed by atoms with E-state index in [0.29, 0.717) is 23.4 Å². The molecule has 2 bridgehead atoms. The molecule has 2 aliphatic rings. The van der Waals surface area contributed by atoms with Crippen LogP contribution >= 0.6 is 24.8 Å². The molecule has 2 atom stereocenters. The van der Waals surface area contributed by atoms with Crippen LogP contribution in [-0.4, -0.2) is 23.0 Å². The molecule has 2 unspecified atom stereocenters. The number of nitrogens with two attached hydrogens (primary N) is 1. The van der Waals surface area contributed by atoms with E-state index in [2.05, 4.69) is 29.4 Å². The molecule has 2 aliphatic carbocycles. The molecular formula is C21H29Cl2N3O. The van der Waals surface area contributed by atoms with Crippen molar-refractivity contribution in [2.24, 2.45) is 17.6 Å². The summed E-state index contributed by atoms with van der Waals surface area (Å²) in [4.78, 5) is 17.6. The zero-order valence-corrected chi connectivity index (χ0v) is 17.5. The molecule has 2 saturated carbocycles. The second-order valence-electron chi connectivity index (χ2n) is 8.00. The van der Waals surface area contributed by atoms with Crippen LogP contribution in [0.3, 0.4) is 0 Å². The highest BCUT2D eigenvalue weighted by Crippen LogP contribution is 2.39. The van der Waals surface area contributed by atoms with Gasteiger partial charge in [-0.2, -0.15) is 0 Å². The lowest BCUT2D eigenvalue weighted by Gasteiger charge is -2.45. The molecule has 2 aromatic rings. The Labute approximate surface area is 173 Å². The Morgan fingerprint density at radius 2 is 1.78 bits per heavy atom. The summed E-state index contributed by atoms with van der Waals surface area (Å²) in [6.45, 7) is 3.98. The van der Waals surface area contributed by atoms with Crippen molar-refractivity contribution < 1.29 is 4.79 Å². The smallest absolute Gasteiger partial charge is 0.253 e. The van der Waals surface area contributed by atoms with Gasteiger partial charge >= 0.3 is 0 Å². The fourth-order valence-corrected chi connectivity index (χ4v) is 4.88. The first-order valence-electron chi connectivity index (χ1n) is 9.45. The summed E-state index contributed by atoms with van der Waals surface area (Å²) in [5.74, 6) is 1.08.